The number of nitrogens with one attached hydrogen (secondary N) is 1. The second-order valence-corrected chi connectivity index (χ2v) is 7.84. The van der Waals surface area contributed by atoms with Gasteiger partial charge >= 0.3 is 0 Å². The van der Waals surface area contributed by atoms with Crippen molar-refractivity contribution >= 4 is 45.8 Å². The first-order valence-corrected chi connectivity index (χ1v) is 9.32. The zero-order chi connectivity index (χ0) is 18.0. The fourth-order valence-corrected chi connectivity index (χ4v) is 4.65. The molecule has 3 N–H and O–H groups in total. The largest absolute Gasteiger partial charge is 0.365 e. The minimum absolute atomic E-state index is 0.297. The molecule has 0 fully saturated rings. The van der Waals surface area contributed by atoms with Gasteiger partial charge in [0.2, 0.25) is 5.91 Å². The highest BCUT2D eigenvalue weighted by Crippen LogP contribution is 2.39. The number of benzene rings is 1. The maximum Gasteiger partial charge on any atom is 0.251 e. The predicted molar refractivity (Wildman–Crippen MR) is 103 cm³/mol. The molecule has 1 aliphatic rings. The molecule has 1 aromatic heterocycles. The molecule has 0 bridgehead atoms. The molecule has 3 rings (SSSR count). The summed E-state index contributed by atoms with van der Waals surface area (Å²) in [6.45, 7) is 2.19. The normalized spacial score (nSPS) is 16.6. The summed E-state index contributed by atoms with van der Waals surface area (Å²) in [5.74, 6) is -0.201. The van der Waals surface area contributed by atoms with Gasteiger partial charge in [-0.15, -0.1) is 11.3 Å². The van der Waals surface area contributed by atoms with Crippen molar-refractivity contribution in [1.82, 2.24) is 0 Å². The van der Waals surface area contributed by atoms with Gasteiger partial charge in [-0.2, -0.15) is 0 Å². The smallest absolute Gasteiger partial charge is 0.251 e. The van der Waals surface area contributed by atoms with Crippen LogP contribution in [0.3, 0.4) is 0 Å². The van der Waals surface area contributed by atoms with Crippen LogP contribution in [0.15, 0.2) is 30.3 Å². The number of amides is 2. The number of halogens is 1. The summed E-state index contributed by atoms with van der Waals surface area (Å²) >= 11 is 7.39. The topological polar surface area (TPSA) is 72.2 Å². The summed E-state index contributed by atoms with van der Waals surface area (Å²) in [5, 5.41) is 3.97. The summed E-state index contributed by atoms with van der Waals surface area (Å²) in [6, 6.07) is 7.22. The summed E-state index contributed by atoms with van der Waals surface area (Å²) in [5.41, 5.74) is 7.86. The molecule has 25 heavy (non-hydrogen) atoms. The average Bonchev–Trinajstić information content (AvgIpc) is 2.90. The zero-order valence-electron chi connectivity index (χ0n) is 13.8. The van der Waals surface area contributed by atoms with Crippen LogP contribution in [0.1, 0.15) is 39.7 Å². The first-order chi connectivity index (χ1) is 11.9. The summed E-state index contributed by atoms with van der Waals surface area (Å²) in [4.78, 5) is 25.3. The number of hydrogen-bond acceptors (Lipinski definition) is 3. The number of thiophene rings is 1. The number of nitrogens with two attached hydrogens (primary N) is 1. The number of rotatable bonds is 4. The van der Waals surface area contributed by atoms with Gasteiger partial charge in [0.05, 0.1) is 5.56 Å². The van der Waals surface area contributed by atoms with E-state index >= 15 is 0 Å². The Morgan fingerprint density at radius 1 is 1.40 bits per heavy atom. The molecule has 130 valence electrons. The Morgan fingerprint density at radius 2 is 2.20 bits per heavy atom. The third-order valence-corrected chi connectivity index (χ3v) is 5.68. The second-order valence-electron chi connectivity index (χ2n) is 6.30. The third kappa shape index (κ3) is 4.11. The highest BCUT2D eigenvalue weighted by atomic mass is 35.5. The molecule has 1 atom stereocenters. The molecule has 1 aliphatic carbocycles. The maximum absolute atomic E-state index is 12.2. The lowest BCUT2D eigenvalue weighted by molar-refractivity contribution is -0.111. The van der Waals surface area contributed by atoms with E-state index in [0.717, 1.165) is 35.3 Å². The SMILES string of the molecule is CC1CCc2c(sc(NC(=O)C=Cc3cccc(Cl)c3)c2C(N)=O)C1. The van der Waals surface area contributed by atoms with Crippen LogP contribution in [-0.4, -0.2) is 11.8 Å². The minimum atomic E-state index is -0.485. The standard InChI is InChI=1S/C19H19ClN2O2S/c1-11-5-7-14-15(9-11)25-19(17(14)18(21)24)22-16(23)8-6-12-3-2-4-13(20)10-12/h2-4,6,8,10-11H,5,7,9H2,1H3,(H2,21,24)(H,22,23). The first kappa shape index (κ1) is 17.7. The zero-order valence-corrected chi connectivity index (χ0v) is 15.4. The monoisotopic (exact) mass is 374 g/mol. The van der Waals surface area contributed by atoms with Gasteiger partial charge in [-0.3, -0.25) is 9.59 Å². The Hall–Kier alpha value is -2.11. The molecular weight excluding hydrogens is 356 g/mol. The molecule has 1 aromatic carbocycles. The van der Waals surface area contributed by atoms with Gasteiger partial charge < -0.3 is 11.1 Å². The molecule has 0 spiro atoms. The van der Waals surface area contributed by atoms with Crippen molar-refractivity contribution in [1.29, 1.82) is 0 Å². The predicted octanol–water partition coefficient (Wildman–Crippen LogP) is 4.28. The van der Waals surface area contributed by atoms with Gasteiger partial charge in [-0.25, -0.2) is 0 Å². The van der Waals surface area contributed by atoms with Crippen molar-refractivity contribution in [2.45, 2.75) is 26.2 Å². The Labute approximate surface area is 155 Å². The van der Waals surface area contributed by atoms with Crippen molar-refractivity contribution in [2.24, 2.45) is 11.7 Å². The number of primary amides is 1. The van der Waals surface area contributed by atoms with Crippen molar-refractivity contribution < 1.29 is 9.59 Å². The summed E-state index contributed by atoms with van der Waals surface area (Å²) in [7, 11) is 0. The van der Waals surface area contributed by atoms with E-state index in [9.17, 15) is 9.59 Å². The van der Waals surface area contributed by atoms with Crippen LogP contribution in [0.4, 0.5) is 5.00 Å². The fourth-order valence-electron chi connectivity index (χ4n) is 3.04. The number of anilines is 1. The van der Waals surface area contributed by atoms with Gasteiger partial charge in [0.25, 0.3) is 5.91 Å². The van der Waals surface area contributed by atoms with E-state index in [-0.39, 0.29) is 5.91 Å². The van der Waals surface area contributed by atoms with Crippen LogP contribution in [-0.2, 0) is 17.6 Å². The lowest BCUT2D eigenvalue weighted by Gasteiger charge is -2.18. The highest BCUT2D eigenvalue weighted by Gasteiger charge is 2.26. The Morgan fingerprint density at radius 3 is 2.92 bits per heavy atom. The molecule has 2 amide bonds. The highest BCUT2D eigenvalue weighted by molar-refractivity contribution is 7.17. The third-order valence-electron chi connectivity index (χ3n) is 4.27. The van der Waals surface area contributed by atoms with E-state index in [0.29, 0.717) is 21.5 Å². The number of fused-ring (bicyclic) bond motifs is 1. The van der Waals surface area contributed by atoms with Crippen LogP contribution < -0.4 is 11.1 Å². The van der Waals surface area contributed by atoms with E-state index in [2.05, 4.69) is 12.2 Å². The molecule has 2 aromatic rings. The Bertz CT molecular complexity index is 857. The molecule has 0 saturated heterocycles. The second kappa shape index (κ2) is 7.42. The first-order valence-electron chi connectivity index (χ1n) is 8.13. The van der Waals surface area contributed by atoms with Gasteiger partial charge in [0.1, 0.15) is 5.00 Å². The number of carbonyl (C=O) groups is 2. The van der Waals surface area contributed by atoms with Gasteiger partial charge in [0.15, 0.2) is 0 Å². The molecule has 0 aliphatic heterocycles. The number of carbonyl (C=O) groups excluding carboxylic acids is 2. The Kier molecular flexibility index (Phi) is 5.25. The van der Waals surface area contributed by atoms with Crippen molar-refractivity contribution in [3.63, 3.8) is 0 Å². The van der Waals surface area contributed by atoms with Crippen LogP contribution in [0.25, 0.3) is 6.08 Å². The average molecular weight is 375 g/mol. The molecule has 6 heteroatoms. The van der Waals surface area contributed by atoms with Crippen LogP contribution >= 0.6 is 22.9 Å². The van der Waals surface area contributed by atoms with E-state index in [1.807, 2.05) is 12.1 Å². The molecule has 0 radical (unpaired) electrons. The van der Waals surface area contributed by atoms with E-state index in [1.165, 1.54) is 17.4 Å². The molecule has 1 heterocycles. The van der Waals surface area contributed by atoms with Crippen LogP contribution in [0.5, 0.6) is 0 Å². The molecule has 4 nitrogen and oxygen atoms in total. The van der Waals surface area contributed by atoms with E-state index < -0.39 is 5.91 Å². The minimum Gasteiger partial charge on any atom is -0.365 e. The van der Waals surface area contributed by atoms with E-state index in [4.69, 9.17) is 17.3 Å². The maximum atomic E-state index is 12.2. The molecule has 0 saturated carbocycles. The van der Waals surface area contributed by atoms with Crippen molar-refractivity contribution in [3.05, 3.63) is 56.9 Å². The van der Waals surface area contributed by atoms with Crippen molar-refractivity contribution in [3.8, 4) is 0 Å². The molecular formula is C19H19ClN2O2S. The van der Waals surface area contributed by atoms with Gasteiger partial charge in [-0.05, 0) is 54.5 Å². The number of hydrogen-bond donors (Lipinski definition) is 2. The van der Waals surface area contributed by atoms with Gasteiger partial charge in [0, 0.05) is 16.0 Å². The van der Waals surface area contributed by atoms with Gasteiger partial charge in [-0.1, -0.05) is 30.7 Å². The van der Waals surface area contributed by atoms with Crippen molar-refractivity contribution in [2.75, 3.05) is 5.32 Å². The summed E-state index contributed by atoms with van der Waals surface area (Å²) in [6.07, 6.45) is 5.90. The quantitative estimate of drug-likeness (QED) is 0.784. The summed E-state index contributed by atoms with van der Waals surface area (Å²) < 4.78 is 0. The van der Waals surface area contributed by atoms with E-state index in [1.54, 1.807) is 18.2 Å². The Balaban J connectivity index is 1.80. The fraction of sp³-hybridized carbons (Fsp3) is 0.263. The lowest BCUT2D eigenvalue weighted by atomic mass is 9.88. The van der Waals surface area contributed by atoms with Crippen LogP contribution in [0.2, 0.25) is 5.02 Å². The van der Waals surface area contributed by atoms with Crippen LogP contribution in [0, 0.1) is 5.92 Å². The lowest BCUT2D eigenvalue weighted by Crippen LogP contribution is -2.18. The molecule has 1 unspecified atom stereocenters.